The van der Waals surface area contributed by atoms with Crippen LogP contribution < -0.4 is 5.32 Å². The maximum absolute atomic E-state index is 13.2. The molecule has 1 aliphatic carbocycles. The van der Waals surface area contributed by atoms with Gasteiger partial charge >= 0.3 is 18.4 Å². The molecule has 10 heteroatoms. The Labute approximate surface area is 198 Å². The van der Waals surface area contributed by atoms with Crippen molar-refractivity contribution < 1.29 is 36.2 Å². The van der Waals surface area contributed by atoms with E-state index in [1.165, 1.54) is 12.0 Å². The van der Waals surface area contributed by atoms with E-state index in [0.717, 1.165) is 42.7 Å². The number of nitrogens with zero attached hydrogens (tertiary/aromatic N) is 1. The van der Waals surface area contributed by atoms with E-state index in [2.05, 4.69) is 5.32 Å². The molecule has 0 radical (unpaired) electrons. The minimum atomic E-state index is -4.99. The summed E-state index contributed by atoms with van der Waals surface area (Å²) >= 11 is 0. The summed E-state index contributed by atoms with van der Waals surface area (Å²) in [5, 5.41) is 13.2. The summed E-state index contributed by atoms with van der Waals surface area (Å²) in [6.07, 6.45) is -6.12. The lowest BCUT2D eigenvalue weighted by Gasteiger charge is -2.29. The van der Waals surface area contributed by atoms with Crippen LogP contribution in [0.3, 0.4) is 0 Å². The number of alkyl halides is 6. The molecule has 1 saturated heterocycles. The maximum atomic E-state index is 13.2. The van der Waals surface area contributed by atoms with Gasteiger partial charge in [0, 0.05) is 19.1 Å². The zero-order valence-corrected chi connectivity index (χ0v) is 18.8. The normalized spacial score (nSPS) is 20.5. The molecule has 2 aromatic rings. The van der Waals surface area contributed by atoms with Gasteiger partial charge in [-0.05, 0) is 78.6 Å². The largest absolute Gasteiger partial charge is 0.465 e. The third kappa shape index (κ3) is 5.91. The van der Waals surface area contributed by atoms with E-state index in [1.54, 1.807) is 6.07 Å². The van der Waals surface area contributed by atoms with Crippen molar-refractivity contribution >= 4 is 6.09 Å². The fourth-order valence-electron chi connectivity index (χ4n) is 5.18. The lowest BCUT2D eigenvalue weighted by molar-refractivity contribution is -0.143. The Hall–Kier alpha value is -2.75. The number of nitrogens with one attached hydrogen (secondary N) is 1. The lowest BCUT2D eigenvalue weighted by Crippen LogP contribution is -2.38. The number of amides is 1. The Balaban J connectivity index is 1.54. The Kier molecular flexibility index (Phi) is 7.04. The topological polar surface area (TPSA) is 52.6 Å². The Bertz CT molecular complexity index is 1040. The van der Waals surface area contributed by atoms with Crippen LogP contribution in [-0.4, -0.2) is 28.7 Å². The molecule has 4 rings (SSSR count). The van der Waals surface area contributed by atoms with Crippen LogP contribution in [0.5, 0.6) is 0 Å². The quantitative estimate of drug-likeness (QED) is 0.457. The van der Waals surface area contributed by atoms with Gasteiger partial charge in [-0.3, -0.25) is 4.90 Å². The standard InChI is InChI=1S/C25H26F6N2O2/c26-24(27,28)18-10-16(11-19(12-18)25(29,30)31)14-33(23(34)35)13-15-4-6-20-17(9-15)5-7-21(20)22-3-1-2-8-32-22/h4,6,9-12,21-22,32H,1-3,5,7-8,13-14H2,(H,34,35). The van der Waals surface area contributed by atoms with Crippen LogP contribution in [0, 0.1) is 0 Å². The number of carboxylic acid groups (broad SMARTS) is 1. The third-order valence-electron chi connectivity index (χ3n) is 6.83. The van der Waals surface area contributed by atoms with E-state index in [4.69, 9.17) is 0 Å². The molecule has 190 valence electrons. The molecule has 2 unspecified atom stereocenters. The van der Waals surface area contributed by atoms with Crippen molar-refractivity contribution in [2.24, 2.45) is 0 Å². The molecule has 2 aromatic carbocycles. The van der Waals surface area contributed by atoms with E-state index in [-0.39, 0.29) is 18.2 Å². The fourth-order valence-corrected chi connectivity index (χ4v) is 5.18. The second kappa shape index (κ2) is 9.72. The summed E-state index contributed by atoms with van der Waals surface area (Å²) < 4.78 is 79.0. The SMILES string of the molecule is O=C(O)N(Cc1cc(C(F)(F)F)cc(C(F)(F)F)c1)Cc1ccc2c(c1)CCC2C1CCCCN1. The number of aryl methyl sites for hydroxylation is 1. The Morgan fingerprint density at radius 3 is 2.14 bits per heavy atom. The maximum Gasteiger partial charge on any atom is 0.416 e. The summed E-state index contributed by atoms with van der Waals surface area (Å²) in [4.78, 5) is 12.7. The van der Waals surface area contributed by atoms with E-state index in [9.17, 15) is 36.2 Å². The molecule has 0 aromatic heterocycles. The van der Waals surface area contributed by atoms with Gasteiger partial charge in [-0.25, -0.2) is 4.79 Å². The molecule has 0 spiro atoms. The summed E-state index contributed by atoms with van der Waals surface area (Å²) in [5.41, 5.74) is -0.322. The van der Waals surface area contributed by atoms with E-state index in [0.29, 0.717) is 29.7 Å². The number of carbonyl (C=O) groups is 1. The highest BCUT2D eigenvalue weighted by Crippen LogP contribution is 2.39. The van der Waals surface area contributed by atoms with Gasteiger partial charge in [0.2, 0.25) is 0 Å². The number of hydrogen-bond donors (Lipinski definition) is 2. The summed E-state index contributed by atoms with van der Waals surface area (Å²) in [5.74, 6) is 0.390. The molecule has 35 heavy (non-hydrogen) atoms. The Morgan fingerprint density at radius 2 is 1.57 bits per heavy atom. The van der Waals surface area contributed by atoms with Crippen molar-refractivity contribution in [2.75, 3.05) is 6.54 Å². The molecule has 4 nitrogen and oxygen atoms in total. The van der Waals surface area contributed by atoms with Crippen LogP contribution in [0.4, 0.5) is 31.1 Å². The van der Waals surface area contributed by atoms with Crippen LogP contribution >= 0.6 is 0 Å². The summed E-state index contributed by atoms with van der Waals surface area (Å²) in [6, 6.07) is 7.25. The first kappa shape index (κ1) is 25.3. The van der Waals surface area contributed by atoms with Crippen molar-refractivity contribution in [3.63, 3.8) is 0 Å². The minimum Gasteiger partial charge on any atom is -0.465 e. The molecule has 1 amide bonds. The van der Waals surface area contributed by atoms with Crippen LogP contribution in [0.2, 0.25) is 0 Å². The van der Waals surface area contributed by atoms with Gasteiger partial charge in [0.15, 0.2) is 0 Å². The molecule has 1 heterocycles. The van der Waals surface area contributed by atoms with Gasteiger partial charge in [-0.2, -0.15) is 26.3 Å². The number of fused-ring (bicyclic) bond motifs is 1. The van der Waals surface area contributed by atoms with Gasteiger partial charge < -0.3 is 10.4 Å². The first-order valence-electron chi connectivity index (χ1n) is 11.5. The van der Waals surface area contributed by atoms with Crippen LogP contribution in [0.15, 0.2) is 36.4 Å². The second-order valence-electron chi connectivity index (χ2n) is 9.29. The fraction of sp³-hybridized carbons (Fsp3) is 0.480. The van der Waals surface area contributed by atoms with Crippen molar-refractivity contribution in [1.82, 2.24) is 10.2 Å². The average Bonchev–Trinajstić information content (AvgIpc) is 3.21. The smallest absolute Gasteiger partial charge is 0.416 e. The molecule has 1 fully saturated rings. The van der Waals surface area contributed by atoms with Gasteiger partial charge in [0.05, 0.1) is 11.1 Å². The highest BCUT2D eigenvalue weighted by molar-refractivity contribution is 5.65. The first-order chi connectivity index (χ1) is 16.4. The summed E-state index contributed by atoms with van der Waals surface area (Å²) in [7, 11) is 0. The number of rotatable bonds is 5. The number of piperidine rings is 1. The molecule has 1 aliphatic heterocycles. The zero-order valence-electron chi connectivity index (χ0n) is 18.8. The predicted molar refractivity (Wildman–Crippen MR) is 117 cm³/mol. The molecule has 2 aliphatic rings. The van der Waals surface area contributed by atoms with Gasteiger partial charge in [0.25, 0.3) is 0 Å². The monoisotopic (exact) mass is 500 g/mol. The highest BCUT2D eigenvalue weighted by atomic mass is 19.4. The first-order valence-corrected chi connectivity index (χ1v) is 11.5. The molecule has 0 saturated carbocycles. The summed E-state index contributed by atoms with van der Waals surface area (Å²) in [6.45, 7) is 0.244. The van der Waals surface area contributed by atoms with Crippen molar-refractivity contribution in [3.05, 3.63) is 69.8 Å². The lowest BCUT2D eigenvalue weighted by atomic mass is 9.87. The number of hydrogen-bond acceptors (Lipinski definition) is 2. The highest BCUT2D eigenvalue weighted by Gasteiger charge is 2.37. The van der Waals surface area contributed by atoms with Crippen molar-refractivity contribution in [2.45, 2.75) is 69.5 Å². The van der Waals surface area contributed by atoms with Crippen molar-refractivity contribution in [1.29, 1.82) is 0 Å². The number of benzene rings is 2. The number of halogens is 6. The molecular formula is C25H26F6N2O2. The zero-order chi connectivity index (χ0) is 25.4. The molecule has 2 N–H and O–H groups in total. The van der Waals surface area contributed by atoms with E-state index >= 15 is 0 Å². The van der Waals surface area contributed by atoms with Crippen molar-refractivity contribution in [3.8, 4) is 0 Å². The van der Waals surface area contributed by atoms with Gasteiger partial charge in [0.1, 0.15) is 0 Å². The Morgan fingerprint density at radius 1 is 0.914 bits per heavy atom. The molecular weight excluding hydrogens is 474 g/mol. The van der Waals surface area contributed by atoms with E-state index < -0.39 is 36.1 Å². The van der Waals surface area contributed by atoms with Crippen LogP contribution in [0.25, 0.3) is 0 Å². The van der Waals surface area contributed by atoms with E-state index in [1.807, 2.05) is 12.1 Å². The van der Waals surface area contributed by atoms with Gasteiger partial charge in [-0.15, -0.1) is 0 Å². The van der Waals surface area contributed by atoms with Crippen LogP contribution in [-0.2, 0) is 31.9 Å². The predicted octanol–water partition coefficient (Wildman–Crippen LogP) is 6.58. The van der Waals surface area contributed by atoms with Crippen LogP contribution in [0.1, 0.15) is 65.0 Å². The van der Waals surface area contributed by atoms with Gasteiger partial charge in [-0.1, -0.05) is 24.6 Å². The molecule has 0 bridgehead atoms. The average molecular weight is 500 g/mol. The minimum absolute atomic E-state index is 0.0344. The molecule has 2 atom stereocenters. The second-order valence-corrected chi connectivity index (χ2v) is 9.29. The third-order valence-corrected chi connectivity index (χ3v) is 6.83.